The monoisotopic (exact) mass is 376 g/mol. The van der Waals surface area contributed by atoms with Crippen LogP contribution >= 0.6 is 15.9 Å². The van der Waals surface area contributed by atoms with Crippen LogP contribution in [0.25, 0.3) is 0 Å². The lowest BCUT2D eigenvalue weighted by Gasteiger charge is -2.28. The third kappa shape index (κ3) is 4.18. The zero-order valence-corrected chi connectivity index (χ0v) is 14.6. The first kappa shape index (κ1) is 16.7. The second-order valence-corrected chi connectivity index (χ2v) is 7.91. The molecule has 2 atom stereocenters. The van der Waals surface area contributed by atoms with Crippen LogP contribution in [0.3, 0.4) is 0 Å². The van der Waals surface area contributed by atoms with E-state index in [9.17, 15) is 8.42 Å². The molecule has 1 aliphatic rings. The van der Waals surface area contributed by atoms with Crippen molar-refractivity contribution in [1.82, 2.24) is 10.0 Å². The number of benzene rings is 1. The van der Waals surface area contributed by atoms with Gasteiger partial charge in [0.1, 0.15) is 10.6 Å². The fourth-order valence-corrected chi connectivity index (χ4v) is 4.59. The maximum Gasteiger partial charge on any atom is 0.244 e. The van der Waals surface area contributed by atoms with Crippen molar-refractivity contribution in [3.63, 3.8) is 0 Å². The Morgan fingerprint density at radius 3 is 2.86 bits per heavy atom. The van der Waals surface area contributed by atoms with Gasteiger partial charge in [0.2, 0.25) is 10.0 Å². The van der Waals surface area contributed by atoms with E-state index in [1.54, 1.807) is 18.2 Å². The summed E-state index contributed by atoms with van der Waals surface area (Å²) in [4.78, 5) is 0.162. The van der Waals surface area contributed by atoms with Crippen LogP contribution in [0.5, 0.6) is 5.75 Å². The molecule has 1 aliphatic heterocycles. The van der Waals surface area contributed by atoms with Gasteiger partial charge in [0.25, 0.3) is 0 Å². The molecular weight excluding hydrogens is 356 g/mol. The number of methoxy groups -OCH3 is 1. The molecule has 2 unspecified atom stereocenters. The van der Waals surface area contributed by atoms with Crippen LogP contribution in [0.15, 0.2) is 27.6 Å². The molecule has 1 heterocycles. The van der Waals surface area contributed by atoms with Crippen LogP contribution in [0.4, 0.5) is 0 Å². The first-order valence-corrected chi connectivity index (χ1v) is 9.28. The van der Waals surface area contributed by atoms with Gasteiger partial charge in [-0.2, -0.15) is 0 Å². The van der Waals surface area contributed by atoms with Gasteiger partial charge < -0.3 is 10.1 Å². The lowest BCUT2D eigenvalue weighted by atomic mass is 9.94. The zero-order chi connectivity index (χ0) is 15.5. The van der Waals surface area contributed by atoms with E-state index in [0.29, 0.717) is 16.1 Å². The standard InChI is InChI=1S/C14H21BrN2O3S/c1-10(11-4-3-7-16-9-11)17-21(18,19)14-8-12(15)5-6-13(14)20-2/h5-6,8,10-11,16-17H,3-4,7,9H2,1-2H3. The van der Waals surface area contributed by atoms with E-state index in [1.165, 1.54) is 7.11 Å². The van der Waals surface area contributed by atoms with Crippen molar-refractivity contribution in [2.45, 2.75) is 30.7 Å². The first-order chi connectivity index (χ1) is 9.94. The predicted molar refractivity (Wildman–Crippen MR) is 86.1 cm³/mol. The van der Waals surface area contributed by atoms with Crippen molar-refractivity contribution in [3.05, 3.63) is 22.7 Å². The minimum atomic E-state index is -3.61. The van der Waals surface area contributed by atoms with Crippen LogP contribution < -0.4 is 14.8 Å². The highest BCUT2D eigenvalue weighted by molar-refractivity contribution is 9.10. The molecule has 7 heteroatoms. The lowest BCUT2D eigenvalue weighted by Crippen LogP contribution is -2.44. The molecule has 1 aromatic rings. The van der Waals surface area contributed by atoms with Crippen molar-refractivity contribution >= 4 is 26.0 Å². The van der Waals surface area contributed by atoms with Crippen LogP contribution in [-0.2, 0) is 10.0 Å². The van der Waals surface area contributed by atoms with Crippen molar-refractivity contribution in [1.29, 1.82) is 0 Å². The Morgan fingerprint density at radius 1 is 1.48 bits per heavy atom. The highest BCUT2D eigenvalue weighted by Gasteiger charge is 2.27. The quantitative estimate of drug-likeness (QED) is 0.825. The molecule has 118 valence electrons. The maximum atomic E-state index is 12.6. The fraction of sp³-hybridized carbons (Fsp3) is 0.571. The molecule has 0 bridgehead atoms. The molecule has 0 saturated carbocycles. The molecule has 1 saturated heterocycles. The Balaban J connectivity index is 2.19. The van der Waals surface area contributed by atoms with Gasteiger partial charge >= 0.3 is 0 Å². The number of sulfonamides is 1. The summed E-state index contributed by atoms with van der Waals surface area (Å²) in [5, 5.41) is 3.31. The van der Waals surface area contributed by atoms with Crippen molar-refractivity contribution < 1.29 is 13.2 Å². The summed E-state index contributed by atoms with van der Waals surface area (Å²) in [6.07, 6.45) is 2.11. The minimum absolute atomic E-state index is 0.119. The van der Waals surface area contributed by atoms with Gasteiger partial charge in [-0.1, -0.05) is 15.9 Å². The van der Waals surface area contributed by atoms with E-state index in [2.05, 4.69) is 26.0 Å². The van der Waals surface area contributed by atoms with E-state index in [1.807, 2.05) is 6.92 Å². The molecule has 1 fully saturated rings. The van der Waals surface area contributed by atoms with Gasteiger partial charge in [0.05, 0.1) is 7.11 Å². The number of rotatable bonds is 5. The molecule has 0 aromatic heterocycles. The SMILES string of the molecule is COc1ccc(Br)cc1S(=O)(=O)NC(C)C1CCCNC1. The second kappa shape index (κ2) is 7.09. The van der Waals surface area contributed by atoms with E-state index in [0.717, 1.165) is 25.9 Å². The van der Waals surface area contributed by atoms with Gasteiger partial charge in [-0.3, -0.25) is 0 Å². The minimum Gasteiger partial charge on any atom is -0.495 e. The summed E-state index contributed by atoms with van der Waals surface area (Å²) >= 11 is 3.30. The third-order valence-corrected chi connectivity index (χ3v) is 5.87. The van der Waals surface area contributed by atoms with Gasteiger partial charge in [-0.25, -0.2) is 13.1 Å². The molecule has 0 aliphatic carbocycles. The highest BCUT2D eigenvalue weighted by Crippen LogP contribution is 2.28. The summed E-state index contributed by atoms with van der Waals surface area (Å²) in [6, 6.07) is 4.84. The Bertz CT molecular complexity index is 586. The molecule has 2 N–H and O–H groups in total. The van der Waals surface area contributed by atoms with Gasteiger partial charge in [-0.05, 0) is 57.0 Å². The summed E-state index contributed by atoms with van der Waals surface area (Å²) < 4.78 is 33.8. The Morgan fingerprint density at radius 2 is 2.24 bits per heavy atom. The summed E-state index contributed by atoms with van der Waals surface area (Å²) in [6.45, 7) is 3.77. The van der Waals surface area contributed by atoms with Gasteiger partial charge in [-0.15, -0.1) is 0 Å². The summed E-state index contributed by atoms with van der Waals surface area (Å²) in [7, 11) is -2.14. The number of ether oxygens (including phenoxy) is 1. The largest absolute Gasteiger partial charge is 0.495 e. The normalized spacial score (nSPS) is 21.0. The van der Waals surface area contributed by atoms with E-state index >= 15 is 0 Å². The summed E-state index contributed by atoms with van der Waals surface area (Å²) in [5.41, 5.74) is 0. The zero-order valence-electron chi connectivity index (χ0n) is 12.2. The second-order valence-electron chi connectivity index (χ2n) is 5.31. The molecular formula is C14H21BrN2O3S. The van der Waals surface area contributed by atoms with E-state index in [-0.39, 0.29) is 10.9 Å². The van der Waals surface area contributed by atoms with Crippen LogP contribution in [0.1, 0.15) is 19.8 Å². The van der Waals surface area contributed by atoms with Gasteiger partial charge in [0.15, 0.2) is 0 Å². The topological polar surface area (TPSA) is 67.4 Å². The Kier molecular flexibility index (Phi) is 5.65. The number of hydrogen-bond acceptors (Lipinski definition) is 4. The fourth-order valence-electron chi connectivity index (χ4n) is 2.57. The first-order valence-electron chi connectivity index (χ1n) is 7.00. The lowest BCUT2D eigenvalue weighted by molar-refractivity contribution is 0.320. The average molecular weight is 377 g/mol. The molecule has 5 nitrogen and oxygen atoms in total. The van der Waals surface area contributed by atoms with Gasteiger partial charge in [0, 0.05) is 10.5 Å². The molecule has 0 spiro atoms. The Labute approximate surface area is 134 Å². The van der Waals surface area contributed by atoms with Crippen LogP contribution in [-0.4, -0.2) is 34.7 Å². The molecule has 21 heavy (non-hydrogen) atoms. The number of nitrogens with one attached hydrogen (secondary N) is 2. The molecule has 0 radical (unpaired) electrons. The molecule has 2 rings (SSSR count). The van der Waals surface area contributed by atoms with Crippen molar-refractivity contribution in [2.75, 3.05) is 20.2 Å². The molecule has 1 aromatic carbocycles. The number of halogens is 1. The maximum absolute atomic E-state index is 12.6. The number of piperidine rings is 1. The average Bonchev–Trinajstić information content (AvgIpc) is 2.47. The Hall–Kier alpha value is -0.630. The smallest absolute Gasteiger partial charge is 0.244 e. The predicted octanol–water partition coefficient (Wildman–Crippen LogP) is 2.12. The van der Waals surface area contributed by atoms with E-state index in [4.69, 9.17) is 4.74 Å². The highest BCUT2D eigenvalue weighted by atomic mass is 79.9. The van der Waals surface area contributed by atoms with Crippen LogP contribution in [0.2, 0.25) is 0 Å². The van der Waals surface area contributed by atoms with E-state index < -0.39 is 10.0 Å². The summed E-state index contributed by atoms with van der Waals surface area (Å²) in [5.74, 6) is 0.659. The number of hydrogen-bond donors (Lipinski definition) is 2. The van der Waals surface area contributed by atoms with Crippen LogP contribution in [0, 0.1) is 5.92 Å². The van der Waals surface area contributed by atoms with Crippen molar-refractivity contribution in [3.8, 4) is 5.75 Å². The third-order valence-electron chi connectivity index (χ3n) is 3.80. The van der Waals surface area contributed by atoms with Crippen molar-refractivity contribution in [2.24, 2.45) is 5.92 Å². The molecule has 0 amide bonds.